The zero-order valence-electron chi connectivity index (χ0n) is 8.44. The maximum Gasteiger partial charge on any atom is 0.0796 e. The second kappa shape index (κ2) is 3.62. The van der Waals surface area contributed by atoms with E-state index in [-0.39, 0.29) is 0 Å². The highest BCUT2D eigenvalue weighted by Gasteiger charge is 1.97. The normalized spacial score (nSPS) is 10.4. The molecule has 0 bridgehead atoms. The second-order valence-corrected chi connectivity index (χ2v) is 3.54. The largest absolute Gasteiger partial charge is 0.248 e. The first-order chi connectivity index (χ1) is 6.74. The summed E-state index contributed by atoms with van der Waals surface area (Å²) in [5.41, 5.74) is 3.49. The number of aryl methyl sites for hydroxylation is 2. The van der Waals surface area contributed by atoms with Crippen LogP contribution in [0.3, 0.4) is 0 Å². The average molecular weight is 187 g/mol. The van der Waals surface area contributed by atoms with Gasteiger partial charge in [-0.25, -0.2) is 4.68 Å². The van der Waals surface area contributed by atoms with Gasteiger partial charge in [0.15, 0.2) is 0 Å². The minimum atomic E-state index is 0.793. The van der Waals surface area contributed by atoms with Gasteiger partial charge >= 0.3 is 0 Å². The van der Waals surface area contributed by atoms with E-state index in [1.54, 1.807) is 0 Å². The van der Waals surface area contributed by atoms with Crippen molar-refractivity contribution < 1.29 is 0 Å². The molecule has 0 aliphatic heterocycles. The predicted molar refractivity (Wildman–Crippen MR) is 55.0 cm³/mol. The van der Waals surface area contributed by atoms with E-state index in [9.17, 15) is 0 Å². The highest BCUT2D eigenvalue weighted by atomic mass is 15.4. The number of aromatic nitrogens is 3. The van der Waals surface area contributed by atoms with E-state index < -0.39 is 0 Å². The molecule has 0 unspecified atom stereocenters. The molecule has 0 radical (unpaired) electrons. The minimum absolute atomic E-state index is 0.793. The zero-order chi connectivity index (χ0) is 9.97. The van der Waals surface area contributed by atoms with Crippen molar-refractivity contribution in [1.29, 1.82) is 0 Å². The SMILES string of the molecule is Cc1ccc(Cn2cc(C)nn2)cc1. The average Bonchev–Trinajstić information content (AvgIpc) is 2.56. The third kappa shape index (κ3) is 1.99. The first kappa shape index (κ1) is 8.94. The second-order valence-electron chi connectivity index (χ2n) is 3.54. The van der Waals surface area contributed by atoms with Gasteiger partial charge in [-0.15, -0.1) is 5.10 Å². The Bertz CT molecular complexity index is 414. The van der Waals surface area contributed by atoms with Crippen LogP contribution in [0.4, 0.5) is 0 Å². The summed E-state index contributed by atoms with van der Waals surface area (Å²) in [7, 11) is 0. The lowest BCUT2D eigenvalue weighted by atomic mass is 10.1. The molecule has 2 rings (SSSR count). The Hall–Kier alpha value is -1.64. The van der Waals surface area contributed by atoms with Crippen LogP contribution in [-0.4, -0.2) is 15.0 Å². The molecule has 0 spiro atoms. The maximum absolute atomic E-state index is 4.00. The van der Waals surface area contributed by atoms with Crippen molar-refractivity contribution in [2.75, 3.05) is 0 Å². The molecular weight excluding hydrogens is 174 g/mol. The molecule has 0 saturated heterocycles. The summed E-state index contributed by atoms with van der Waals surface area (Å²) < 4.78 is 1.85. The van der Waals surface area contributed by atoms with Crippen LogP contribution in [0, 0.1) is 13.8 Å². The summed E-state index contributed by atoms with van der Waals surface area (Å²) in [5, 5.41) is 7.94. The fourth-order valence-electron chi connectivity index (χ4n) is 1.35. The van der Waals surface area contributed by atoms with Crippen LogP contribution in [-0.2, 0) is 6.54 Å². The summed E-state index contributed by atoms with van der Waals surface area (Å²) in [5.74, 6) is 0. The molecule has 3 nitrogen and oxygen atoms in total. The first-order valence-corrected chi connectivity index (χ1v) is 4.66. The number of benzene rings is 1. The quantitative estimate of drug-likeness (QED) is 0.719. The molecule has 1 aromatic heterocycles. The molecule has 0 atom stereocenters. The number of hydrogen-bond acceptors (Lipinski definition) is 2. The van der Waals surface area contributed by atoms with Gasteiger partial charge in [-0.1, -0.05) is 35.0 Å². The van der Waals surface area contributed by atoms with Gasteiger partial charge in [0, 0.05) is 6.20 Å². The van der Waals surface area contributed by atoms with Crippen LogP contribution in [0.25, 0.3) is 0 Å². The molecule has 2 aromatic rings. The molecule has 0 aliphatic carbocycles. The fourth-order valence-corrected chi connectivity index (χ4v) is 1.35. The summed E-state index contributed by atoms with van der Waals surface area (Å²) in [4.78, 5) is 0. The summed E-state index contributed by atoms with van der Waals surface area (Å²) >= 11 is 0. The van der Waals surface area contributed by atoms with E-state index in [1.165, 1.54) is 11.1 Å². The van der Waals surface area contributed by atoms with Crippen LogP contribution in [0.5, 0.6) is 0 Å². The van der Waals surface area contributed by atoms with Gasteiger partial charge < -0.3 is 0 Å². The van der Waals surface area contributed by atoms with E-state index in [0.717, 1.165) is 12.2 Å². The molecule has 3 heteroatoms. The van der Waals surface area contributed by atoms with Crippen molar-refractivity contribution in [3.63, 3.8) is 0 Å². The van der Waals surface area contributed by atoms with Gasteiger partial charge in [0.2, 0.25) is 0 Å². The third-order valence-electron chi connectivity index (χ3n) is 2.12. The third-order valence-corrected chi connectivity index (χ3v) is 2.12. The van der Waals surface area contributed by atoms with Crippen LogP contribution < -0.4 is 0 Å². The lowest BCUT2D eigenvalue weighted by Gasteiger charge is -2.00. The highest BCUT2D eigenvalue weighted by Crippen LogP contribution is 2.04. The van der Waals surface area contributed by atoms with Crippen molar-refractivity contribution in [3.8, 4) is 0 Å². The molecule has 0 amide bonds. The van der Waals surface area contributed by atoms with E-state index in [0.29, 0.717) is 0 Å². The Kier molecular flexibility index (Phi) is 2.31. The molecule has 0 N–H and O–H groups in total. The Morgan fingerprint density at radius 1 is 1.14 bits per heavy atom. The van der Waals surface area contributed by atoms with Crippen LogP contribution in [0.15, 0.2) is 30.5 Å². The van der Waals surface area contributed by atoms with Gasteiger partial charge in [0.05, 0.1) is 12.2 Å². The monoisotopic (exact) mass is 187 g/mol. The van der Waals surface area contributed by atoms with E-state index in [1.807, 2.05) is 17.8 Å². The smallest absolute Gasteiger partial charge is 0.0796 e. The molecule has 0 fully saturated rings. The molecule has 1 aromatic carbocycles. The summed E-state index contributed by atoms with van der Waals surface area (Å²) in [6.45, 7) is 4.82. The van der Waals surface area contributed by atoms with Gasteiger partial charge in [0.25, 0.3) is 0 Å². The molecule has 1 heterocycles. The van der Waals surface area contributed by atoms with E-state index in [4.69, 9.17) is 0 Å². The molecular formula is C11H13N3. The Morgan fingerprint density at radius 3 is 2.43 bits per heavy atom. The Balaban J connectivity index is 2.15. The standard InChI is InChI=1S/C11H13N3/c1-9-3-5-11(6-4-9)8-14-7-10(2)12-13-14/h3-7H,8H2,1-2H3. The van der Waals surface area contributed by atoms with Crippen LogP contribution in [0.2, 0.25) is 0 Å². The van der Waals surface area contributed by atoms with Crippen molar-refractivity contribution >= 4 is 0 Å². The first-order valence-electron chi connectivity index (χ1n) is 4.66. The zero-order valence-corrected chi connectivity index (χ0v) is 8.44. The topological polar surface area (TPSA) is 30.7 Å². The van der Waals surface area contributed by atoms with Gasteiger partial charge in [-0.3, -0.25) is 0 Å². The fraction of sp³-hybridized carbons (Fsp3) is 0.273. The lowest BCUT2D eigenvalue weighted by molar-refractivity contribution is 0.649. The predicted octanol–water partition coefficient (Wildman–Crippen LogP) is 1.94. The molecule has 14 heavy (non-hydrogen) atoms. The van der Waals surface area contributed by atoms with Crippen LogP contribution in [0.1, 0.15) is 16.8 Å². The van der Waals surface area contributed by atoms with E-state index >= 15 is 0 Å². The minimum Gasteiger partial charge on any atom is -0.248 e. The van der Waals surface area contributed by atoms with E-state index in [2.05, 4.69) is 41.5 Å². The van der Waals surface area contributed by atoms with Gasteiger partial charge in [-0.2, -0.15) is 0 Å². The molecule has 72 valence electrons. The van der Waals surface area contributed by atoms with Crippen molar-refractivity contribution in [2.24, 2.45) is 0 Å². The number of nitrogens with zero attached hydrogens (tertiary/aromatic N) is 3. The van der Waals surface area contributed by atoms with Gasteiger partial charge in [0.1, 0.15) is 0 Å². The molecule has 0 saturated carbocycles. The van der Waals surface area contributed by atoms with Gasteiger partial charge in [-0.05, 0) is 19.4 Å². The van der Waals surface area contributed by atoms with Crippen LogP contribution >= 0.6 is 0 Å². The summed E-state index contributed by atoms with van der Waals surface area (Å²) in [6.07, 6.45) is 1.94. The van der Waals surface area contributed by atoms with Crippen molar-refractivity contribution in [2.45, 2.75) is 20.4 Å². The maximum atomic E-state index is 4.00. The Labute approximate surface area is 83.4 Å². The van der Waals surface area contributed by atoms with Crippen molar-refractivity contribution in [1.82, 2.24) is 15.0 Å². The highest BCUT2D eigenvalue weighted by molar-refractivity contribution is 5.21. The number of hydrogen-bond donors (Lipinski definition) is 0. The summed E-state index contributed by atoms with van der Waals surface area (Å²) in [6, 6.07) is 8.46. The number of rotatable bonds is 2. The molecule has 0 aliphatic rings. The lowest BCUT2D eigenvalue weighted by Crippen LogP contribution is -2.00. The Morgan fingerprint density at radius 2 is 1.86 bits per heavy atom. The van der Waals surface area contributed by atoms with Crippen molar-refractivity contribution in [3.05, 3.63) is 47.3 Å².